The molecule has 0 saturated heterocycles. The molecule has 0 unspecified atom stereocenters. The number of fused-ring (bicyclic) bond motifs is 2. The molecule has 0 aliphatic carbocycles. The minimum Gasteiger partial charge on any atom is -0.398 e. The van der Waals surface area contributed by atoms with Crippen LogP contribution in [0.5, 0.6) is 0 Å². The molecule has 4 rings (SSSR count). The van der Waals surface area contributed by atoms with Crippen LogP contribution < -0.4 is 11.5 Å². The molecular formula is C21H20FN5O2. The molecule has 0 saturated carbocycles. The number of nitrogens with two attached hydrogens (primary N) is 2. The number of alkyl halides is 1. The minimum atomic E-state index is -0.645. The zero-order valence-electron chi connectivity index (χ0n) is 15.7. The fourth-order valence-corrected chi connectivity index (χ4v) is 3.71. The second-order valence-electron chi connectivity index (χ2n) is 7.02. The Morgan fingerprint density at radius 3 is 2.79 bits per heavy atom. The molecule has 1 aliphatic rings. The summed E-state index contributed by atoms with van der Waals surface area (Å²) in [6.45, 7) is 3.64. The first kappa shape index (κ1) is 18.7. The van der Waals surface area contributed by atoms with Gasteiger partial charge in [-0.25, -0.2) is 4.39 Å². The van der Waals surface area contributed by atoms with Gasteiger partial charge in [0.15, 0.2) is 0 Å². The number of carbonyl (C=O) groups excluding carboxylic acids is 2. The predicted molar refractivity (Wildman–Crippen MR) is 109 cm³/mol. The quantitative estimate of drug-likeness (QED) is 0.495. The molecule has 29 heavy (non-hydrogen) atoms. The summed E-state index contributed by atoms with van der Waals surface area (Å²) in [6, 6.07) is 9.34. The van der Waals surface area contributed by atoms with E-state index < -0.39 is 12.6 Å². The van der Waals surface area contributed by atoms with E-state index in [0.717, 1.165) is 27.6 Å². The van der Waals surface area contributed by atoms with Crippen molar-refractivity contribution in [3.63, 3.8) is 0 Å². The van der Waals surface area contributed by atoms with Gasteiger partial charge in [-0.1, -0.05) is 24.8 Å². The van der Waals surface area contributed by atoms with Crippen molar-refractivity contribution in [1.29, 1.82) is 0 Å². The molecular weight excluding hydrogens is 373 g/mol. The highest BCUT2D eigenvalue weighted by atomic mass is 19.1. The van der Waals surface area contributed by atoms with E-state index in [1.165, 1.54) is 4.90 Å². The van der Waals surface area contributed by atoms with Gasteiger partial charge in [0.25, 0.3) is 5.91 Å². The highest BCUT2D eigenvalue weighted by Gasteiger charge is 2.32. The first-order valence-corrected chi connectivity index (χ1v) is 9.11. The van der Waals surface area contributed by atoms with Crippen molar-refractivity contribution in [2.24, 2.45) is 5.73 Å². The molecule has 8 heteroatoms. The van der Waals surface area contributed by atoms with Crippen LogP contribution in [0.15, 0.2) is 48.7 Å². The summed E-state index contributed by atoms with van der Waals surface area (Å²) < 4.78 is 14.4. The highest BCUT2D eigenvalue weighted by Crippen LogP contribution is 2.37. The lowest BCUT2D eigenvalue weighted by atomic mass is 9.95. The summed E-state index contributed by atoms with van der Waals surface area (Å²) >= 11 is 0. The van der Waals surface area contributed by atoms with Gasteiger partial charge in [-0.15, -0.1) is 0 Å². The van der Waals surface area contributed by atoms with E-state index in [9.17, 15) is 14.0 Å². The number of aryl methyl sites for hydroxylation is 1. The molecule has 0 bridgehead atoms. The van der Waals surface area contributed by atoms with Gasteiger partial charge in [0.2, 0.25) is 5.91 Å². The molecule has 2 amide bonds. The smallest absolute Gasteiger partial charge is 0.256 e. The Kier molecular flexibility index (Phi) is 4.54. The molecule has 2 aromatic carbocycles. The van der Waals surface area contributed by atoms with E-state index in [-0.39, 0.29) is 24.6 Å². The molecule has 0 radical (unpaired) electrons. The van der Waals surface area contributed by atoms with E-state index in [0.29, 0.717) is 17.8 Å². The van der Waals surface area contributed by atoms with Crippen LogP contribution in [0.1, 0.15) is 15.9 Å². The number of carbonyl (C=O) groups is 2. The standard InChI is InChI=1S/C21H20FN5O2/c1-12(20(24)28)10-26-11-16-15(4-5-17(23)19(16)21(26)29)13-2-3-14-9-25-27(7-6-22)18(14)8-13/h2-5,8-9H,1,6-7,10-11,23H2,(H2,24,28). The Hall–Kier alpha value is -3.68. The number of rotatable bonds is 6. The molecule has 0 atom stereocenters. The maximum absolute atomic E-state index is 12.9. The molecule has 0 spiro atoms. The number of hydrogen-bond acceptors (Lipinski definition) is 4. The van der Waals surface area contributed by atoms with Gasteiger partial charge in [-0.3, -0.25) is 14.3 Å². The zero-order chi connectivity index (χ0) is 20.7. The topological polar surface area (TPSA) is 107 Å². The highest BCUT2D eigenvalue weighted by molar-refractivity contribution is 6.06. The van der Waals surface area contributed by atoms with Crippen LogP contribution in [0, 0.1) is 0 Å². The summed E-state index contributed by atoms with van der Waals surface area (Å²) in [6.07, 6.45) is 1.70. The van der Waals surface area contributed by atoms with Crippen LogP contribution >= 0.6 is 0 Å². The molecule has 1 aliphatic heterocycles. The fourth-order valence-electron chi connectivity index (χ4n) is 3.71. The Balaban J connectivity index is 1.78. The fraction of sp³-hybridized carbons (Fsp3) is 0.190. The number of nitrogens with zero attached hydrogens (tertiary/aromatic N) is 3. The number of hydrogen-bond donors (Lipinski definition) is 2. The molecule has 3 aromatic rings. The minimum absolute atomic E-state index is 0.0457. The zero-order valence-corrected chi connectivity index (χ0v) is 15.7. The molecule has 2 heterocycles. The van der Waals surface area contributed by atoms with Gasteiger partial charge in [0.1, 0.15) is 6.67 Å². The van der Waals surface area contributed by atoms with E-state index in [4.69, 9.17) is 11.5 Å². The van der Waals surface area contributed by atoms with E-state index >= 15 is 0 Å². The second kappa shape index (κ2) is 7.05. The van der Waals surface area contributed by atoms with Crippen molar-refractivity contribution >= 4 is 28.4 Å². The van der Waals surface area contributed by atoms with Gasteiger partial charge in [0, 0.05) is 23.2 Å². The first-order valence-electron chi connectivity index (χ1n) is 9.11. The summed E-state index contributed by atoms with van der Waals surface area (Å²) in [4.78, 5) is 25.7. The molecule has 7 nitrogen and oxygen atoms in total. The number of benzene rings is 2. The maximum Gasteiger partial charge on any atom is 0.256 e. The van der Waals surface area contributed by atoms with Gasteiger partial charge in [0.05, 0.1) is 30.4 Å². The van der Waals surface area contributed by atoms with E-state index in [1.807, 2.05) is 24.3 Å². The van der Waals surface area contributed by atoms with E-state index in [1.54, 1.807) is 16.9 Å². The lowest BCUT2D eigenvalue weighted by Crippen LogP contribution is -2.30. The van der Waals surface area contributed by atoms with Crippen molar-refractivity contribution in [2.45, 2.75) is 13.1 Å². The lowest BCUT2D eigenvalue weighted by molar-refractivity contribution is -0.114. The van der Waals surface area contributed by atoms with Crippen LogP contribution in [0.2, 0.25) is 0 Å². The average molecular weight is 393 g/mol. The average Bonchev–Trinajstić information content (AvgIpc) is 3.24. The lowest BCUT2D eigenvalue weighted by Gasteiger charge is -2.15. The molecule has 4 N–H and O–H groups in total. The number of halogens is 1. The number of aromatic nitrogens is 2. The number of amides is 2. The van der Waals surface area contributed by atoms with Crippen molar-refractivity contribution in [1.82, 2.24) is 14.7 Å². The van der Waals surface area contributed by atoms with Gasteiger partial charge >= 0.3 is 0 Å². The second-order valence-corrected chi connectivity index (χ2v) is 7.02. The SMILES string of the molecule is C=C(CN1Cc2c(-c3ccc4cnn(CCF)c4c3)ccc(N)c2C1=O)C(N)=O. The van der Waals surface area contributed by atoms with Crippen LogP contribution in [0.3, 0.4) is 0 Å². The third kappa shape index (κ3) is 3.12. The number of anilines is 1. The largest absolute Gasteiger partial charge is 0.398 e. The van der Waals surface area contributed by atoms with Crippen LogP contribution in [-0.4, -0.2) is 39.7 Å². The van der Waals surface area contributed by atoms with Crippen LogP contribution in [-0.2, 0) is 17.9 Å². The predicted octanol–water partition coefficient (Wildman–Crippen LogP) is 2.25. The summed E-state index contributed by atoms with van der Waals surface area (Å²) in [5.41, 5.74) is 15.6. The normalized spacial score (nSPS) is 13.1. The maximum atomic E-state index is 12.9. The third-order valence-corrected chi connectivity index (χ3v) is 5.18. The van der Waals surface area contributed by atoms with Crippen LogP contribution in [0.25, 0.3) is 22.0 Å². The van der Waals surface area contributed by atoms with Crippen LogP contribution in [0.4, 0.5) is 10.1 Å². The molecule has 148 valence electrons. The van der Waals surface area contributed by atoms with Crippen molar-refractivity contribution in [2.75, 3.05) is 19.0 Å². The summed E-state index contributed by atoms with van der Waals surface area (Å²) in [5.74, 6) is -0.904. The first-order chi connectivity index (χ1) is 13.9. The Morgan fingerprint density at radius 2 is 2.07 bits per heavy atom. The Labute approximate surface area is 166 Å². The van der Waals surface area contributed by atoms with Gasteiger partial charge < -0.3 is 16.4 Å². The van der Waals surface area contributed by atoms with Crippen molar-refractivity contribution in [3.05, 3.63) is 59.8 Å². The van der Waals surface area contributed by atoms with Crippen molar-refractivity contribution in [3.8, 4) is 11.1 Å². The Morgan fingerprint density at radius 1 is 1.28 bits per heavy atom. The van der Waals surface area contributed by atoms with Gasteiger partial charge in [-0.05, 0) is 28.8 Å². The molecule has 0 fully saturated rings. The third-order valence-electron chi connectivity index (χ3n) is 5.18. The number of primary amides is 1. The Bertz CT molecular complexity index is 1170. The summed E-state index contributed by atoms with van der Waals surface area (Å²) in [7, 11) is 0. The monoisotopic (exact) mass is 393 g/mol. The van der Waals surface area contributed by atoms with Crippen molar-refractivity contribution < 1.29 is 14.0 Å². The summed E-state index contributed by atoms with van der Waals surface area (Å²) in [5, 5.41) is 5.13. The van der Waals surface area contributed by atoms with E-state index in [2.05, 4.69) is 11.7 Å². The molecule has 1 aromatic heterocycles. The number of nitrogen functional groups attached to an aromatic ring is 1. The van der Waals surface area contributed by atoms with Gasteiger partial charge in [-0.2, -0.15) is 5.10 Å².